The summed E-state index contributed by atoms with van der Waals surface area (Å²) in [4.78, 5) is 11.9. The third kappa shape index (κ3) is 4.34. The summed E-state index contributed by atoms with van der Waals surface area (Å²) in [5.74, 6) is -0.214. The van der Waals surface area contributed by atoms with E-state index in [-0.39, 0.29) is 11.9 Å². The van der Waals surface area contributed by atoms with Gasteiger partial charge >= 0.3 is 5.97 Å². The van der Waals surface area contributed by atoms with E-state index < -0.39 is 0 Å². The maximum Gasteiger partial charge on any atom is 0.310 e. The zero-order valence-electron chi connectivity index (χ0n) is 12.5. The maximum atomic E-state index is 11.9. The van der Waals surface area contributed by atoms with E-state index in [1.807, 2.05) is 37.3 Å². The molecule has 0 bridgehead atoms. The number of esters is 1. The summed E-state index contributed by atoms with van der Waals surface area (Å²) in [5, 5.41) is 3.42. The monoisotopic (exact) mass is 275 g/mol. The Morgan fingerprint density at radius 1 is 1.35 bits per heavy atom. The molecule has 1 N–H and O–H groups in total. The minimum atomic E-state index is -0.123. The molecule has 110 valence electrons. The van der Waals surface area contributed by atoms with Crippen molar-refractivity contribution in [3.8, 4) is 0 Å². The van der Waals surface area contributed by atoms with Crippen LogP contribution < -0.4 is 5.32 Å². The molecule has 2 rings (SSSR count). The quantitative estimate of drug-likeness (QED) is 0.741. The second-order valence-corrected chi connectivity index (χ2v) is 5.98. The number of carbonyl (C=O) groups excluding carboxylic acids is 1. The molecule has 20 heavy (non-hydrogen) atoms. The summed E-state index contributed by atoms with van der Waals surface area (Å²) in [7, 11) is 0. The summed E-state index contributed by atoms with van der Waals surface area (Å²) in [6.07, 6.45) is 3.87. The van der Waals surface area contributed by atoms with Crippen LogP contribution >= 0.6 is 0 Å². The van der Waals surface area contributed by atoms with Gasteiger partial charge in [0.2, 0.25) is 0 Å². The Kier molecular flexibility index (Phi) is 5.18. The van der Waals surface area contributed by atoms with Crippen LogP contribution in [0.3, 0.4) is 0 Å². The minimum absolute atomic E-state index is 0.0913. The molecule has 0 amide bonds. The first-order chi connectivity index (χ1) is 9.65. The van der Waals surface area contributed by atoms with Crippen LogP contribution in [0, 0.1) is 11.3 Å². The third-order valence-corrected chi connectivity index (χ3v) is 4.28. The largest absolute Gasteiger partial charge is 0.461 e. The van der Waals surface area contributed by atoms with Crippen molar-refractivity contribution >= 4 is 5.97 Å². The van der Waals surface area contributed by atoms with Gasteiger partial charge in [0.05, 0.1) is 5.92 Å². The smallest absolute Gasteiger partial charge is 0.310 e. The lowest BCUT2D eigenvalue weighted by molar-refractivity contribution is -0.149. The van der Waals surface area contributed by atoms with E-state index in [1.54, 1.807) is 0 Å². The predicted octanol–water partition coefficient (Wildman–Crippen LogP) is 3.15. The Bertz CT molecular complexity index is 426. The fraction of sp³-hybridized carbons (Fsp3) is 0.588. The number of carbonyl (C=O) groups is 1. The zero-order chi connectivity index (χ0) is 14.4. The summed E-state index contributed by atoms with van der Waals surface area (Å²) in [6, 6.07) is 9.80. The molecule has 1 atom stereocenters. The number of benzene rings is 1. The molecule has 1 aliphatic carbocycles. The van der Waals surface area contributed by atoms with Crippen molar-refractivity contribution < 1.29 is 9.53 Å². The molecule has 3 nitrogen and oxygen atoms in total. The molecule has 3 heteroatoms. The Morgan fingerprint density at radius 2 is 2.05 bits per heavy atom. The van der Waals surface area contributed by atoms with Crippen LogP contribution in [0.15, 0.2) is 30.3 Å². The van der Waals surface area contributed by atoms with Gasteiger partial charge in [-0.05, 0) is 30.2 Å². The summed E-state index contributed by atoms with van der Waals surface area (Å²) in [6.45, 7) is 6.26. The molecular weight excluding hydrogens is 250 g/mol. The molecule has 0 heterocycles. The van der Waals surface area contributed by atoms with Gasteiger partial charge in [0.15, 0.2) is 0 Å². The maximum absolute atomic E-state index is 11.9. The lowest BCUT2D eigenvalue weighted by Gasteiger charge is -2.16. The second kappa shape index (κ2) is 6.89. The molecule has 0 aromatic heterocycles. The standard InChI is InChI=1S/C17H25NO2/c1-3-17(9-10-17)13-18-11-14(2)16(19)20-12-15-7-5-4-6-8-15/h4-8,14,18H,3,9-13H2,1-2H3. The third-order valence-electron chi connectivity index (χ3n) is 4.28. The van der Waals surface area contributed by atoms with Crippen LogP contribution in [-0.4, -0.2) is 19.1 Å². The van der Waals surface area contributed by atoms with Crippen LogP contribution in [0.4, 0.5) is 0 Å². The molecule has 0 spiro atoms. The van der Waals surface area contributed by atoms with Crippen LogP contribution in [0.25, 0.3) is 0 Å². The Morgan fingerprint density at radius 3 is 2.65 bits per heavy atom. The van der Waals surface area contributed by atoms with Gasteiger partial charge in [0.25, 0.3) is 0 Å². The highest BCUT2D eigenvalue weighted by molar-refractivity contribution is 5.72. The zero-order valence-corrected chi connectivity index (χ0v) is 12.5. The number of ether oxygens (including phenoxy) is 1. The van der Waals surface area contributed by atoms with Gasteiger partial charge in [-0.2, -0.15) is 0 Å². The lowest BCUT2D eigenvalue weighted by Crippen LogP contribution is -2.31. The van der Waals surface area contributed by atoms with E-state index in [0.717, 1.165) is 12.1 Å². The second-order valence-electron chi connectivity index (χ2n) is 5.98. The highest BCUT2D eigenvalue weighted by Crippen LogP contribution is 2.47. The number of rotatable bonds is 8. The van der Waals surface area contributed by atoms with E-state index in [1.165, 1.54) is 19.3 Å². The van der Waals surface area contributed by atoms with Crippen LogP contribution in [-0.2, 0) is 16.1 Å². The van der Waals surface area contributed by atoms with E-state index in [9.17, 15) is 4.79 Å². The Labute approximate surface area is 121 Å². The summed E-state index contributed by atoms with van der Waals surface area (Å²) < 4.78 is 5.34. The molecule has 0 aliphatic heterocycles. The number of nitrogens with one attached hydrogen (secondary N) is 1. The molecule has 1 aliphatic rings. The lowest BCUT2D eigenvalue weighted by atomic mass is 10.0. The van der Waals surface area contributed by atoms with Gasteiger partial charge in [0.1, 0.15) is 6.61 Å². The average molecular weight is 275 g/mol. The molecule has 1 saturated carbocycles. The Balaban J connectivity index is 1.64. The van der Waals surface area contributed by atoms with Crippen LogP contribution in [0.1, 0.15) is 38.7 Å². The van der Waals surface area contributed by atoms with E-state index in [2.05, 4.69) is 12.2 Å². The number of hydrogen-bond donors (Lipinski definition) is 1. The van der Waals surface area contributed by atoms with Gasteiger partial charge in [0, 0.05) is 13.1 Å². The fourth-order valence-electron chi connectivity index (χ4n) is 2.34. The Hall–Kier alpha value is -1.35. The van der Waals surface area contributed by atoms with Crippen molar-refractivity contribution in [3.63, 3.8) is 0 Å². The molecule has 1 aromatic rings. The van der Waals surface area contributed by atoms with Gasteiger partial charge in [-0.3, -0.25) is 4.79 Å². The average Bonchev–Trinajstić information content (AvgIpc) is 3.26. The van der Waals surface area contributed by atoms with Gasteiger partial charge in [-0.1, -0.05) is 44.2 Å². The first-order valence-electron chi connectivity index (χ1n) is 7.56. The summed E-state index contributed by atoms with van der Waals surface area (Å²) in [5.41, 5.74) is 1.55. The first-order valence-corrected chi connectivity index (χ1v) is 7.56. The van der Waals surface area contributed by atoms with Gasteiger partial charge in [-0.15, -0.1) is 0 Å². The normalized spacial score (nSPS) is 17.5. The SMILES string of the molecule is CCC1(CNCC(C)C(=O)OCc2ccccc2)CC1. The molecule has 1 fully saturated rings. The predicted molar refractivity (Wildman–Crippen MR) is 80.2 cm³/mol. The topological polar surface area (TPSA) is 38.3 Å². The first kappa shape index (κ1) is 15.0. The molecule has 1 unspecified atom stereocenters. The van der Waals surface area contributed by atoms with Crippen molar-refractivity contribution in [3.05, 3.63) is 35.9 Å². The van der Waals surface area contributed by atoms with E-state index >= 15 is 0 Å². The van der Waals surface area contributed by atoms with Gasteiger partial charge < -0.3 is 10.1 Å². The minimum Gasteiger partial charge on any atom is -0.461 e. The highest BCUT2D eigenvalue weighted by atomic mass is 16.5. The van der Waals surface area contributed by atoms with Crippen molar-refractivity contribution in [1.29, 1.82) is 0 Å². The fourth-order valence-corrected chi connectivity index (χ4v) is 2.34. The number of hydrogen-bond acceptors (Lipinski definition) is 3. The summed E-state index contributed by atoms with van der Waals surface area (Å²) >= 11 is 0. The van der Waals surface area contributed by atoms with Crippen molar-refractivity contribution in [2.24, 2.45) is 11.3 Å². The van der Waals surface area contributed by atoms with E-state index in [4.69, 9.17) is 4.74 Å². The van der Waals surface area contributed by atoms with Crippen molar-refractivity contribution in [2.45, 2.75) is 39.7 Å². The molecular formula is C17H25NO2. The van der Waals surface area contributed by atoms with E-state index in [0.29, 0.717) is 18.6 Å². The molecule has 0 saturated heterocycles. The van der Waals surface area contributed by atoms with Crippen LogP contribution in [0.2, 0.25) is 0 Å². The van der Waals surface area contributed by atoms with Gasteiger partial charge in [-0.25, -0.2) is 0 Å². The highest BCUT2D eigenvalue weighted by Gasteiger charge is 2.40. The van der Waals surface area contributed by atoms with Crippen molar-refractivity contribution in [2.75, 3.05) is 13.1 Å². The van der Waals surface area contributed by atoms with Crippen LogP contribution in [0.5, 0.6) is 0 Å². The molecule has 0 radical (unpaired) electrons. The van der Waals surface area contributed by atoms with Crippen molar-refractivity contribution in [1.82, 2.24) is 5.32 Å². The molecule has 1 aromatic carbocycles.